The molecule has 2 aliphatic rings. The maximum atomic E-state index is 2.39. The monoisotopic (exact) mass is 683 g/mol. The van der Waals surface area contributed by atoms with E-state index in [-0.39, 0.29) is 0 Å². The van der Waals surface area contributed by atoms with Gasteiger partial charge in [0.05, 0.1) is 0 Å². The predicted molar refractivity (Wildman–Crippen MR) is 97.4 cm³/mol. The van der Waals surface area contributed by atoms with Crippen molar-refractivity contribution in [2.45, 2.75) is 39.8 Å². The van der Waals surface area contributed by atoms with Crippen LogP contribution in [-0.2, 0) is 11.2 Å². The summed E-state index contributed by atoms with van der Waals surface area (Å²) in [6.45, 7) is 13.9. The summed E-state index contributed by atoms with van der Waals surface area (Å²) in [6, 6.07) is 1.03. The summed E-state index contributed by atoms with van der Waals surface area (Å²) in [5.74, 6) is 0. The molecule has 0 spiro atoms. The fourth-order valence-electron chi connectivity index (χ4n) is 1.79. The first kappa shape index (κ1) is 18.9. The van der Waals surface area contributed by atoms with Crippen molar-refractivity contribution in [1.82, 2.24) is 19.6 Å². The molecule has 0 saturated carbocycles. The van der Waals surface area contributed by atoms with Crippen molar-refractivity contribution in [3.05, 3.63) is 38.1 Å². The SMILES string of the molecule is CC(C)N1C=CN(CN2C=CN(C(C)C)[CH-]2)[CH-]1.[I][Pt+2][I]. The van der Waals surface area contributed by atoms with Crippen molar-refractivity contribution in [3.8, 4) is 0 Å². The van der Waals surface area contributed by atoms with Crippen LogP contribution in [0.5, 0.6) is 0 Å². The van der Waals surface area contributed by atoms with Gasteiger partial charge < -0.3 is 19.6 Å². The summed E-state index contributed by atoms with van der Waals surface area (Å²) in [5.41, 5.74) is 0. The molecule has 2 aliphatic heterocycles. The van der Waals surface area contributed by atoms with Crippen molar-refractivity contribution in [3.63, 3.8) is 0 Å². The number of hydrogen-bond donors (Lipinski definition) is 0. The van der Waals surface area contributed by atoms with Crippen LogP contribution in [0.15, 0.2) is 24.8 Å². The molecule has 118 valence electrons. The molecule has 0 aromatic carbocycles. The molecule has 0 bridgehead atoms. The zero-order valence-corrected chi connectivity index (χ0v) is 18.8. The van der Waals surface area contributed by atoms with Crippen molar-refractivity contribution < 1.29 is 11.2 Å². The molecule has 0 atom stereocenters. The van der Waals surface area contributed by atoms with E-state index >= 15 is 0 Å². The second kappa shape index (κ2) is 9.77. The van der Waals surface area contributed by atoms with Crippen molar-refractivity contribution >= 4 is 38.7 Å². The molecule has 0 aromatic rings. The first-order valence-electron chi connectivity index (χ1n) is 6.43. The number of hydrogen-bond acceptors (Lipinski definition) is 4. The minimum atomic E-state index is 0.515. The van der Waals surface area contributed by atoms with E-state index in [0.29, 0.717) is 23.3 Å². The van der Waals surface area contributed by atoms with Gasteiger partial charge in [0.15, 0.2) is 0 Å². The topological polar surface area (TPSA) is 13.0 Å². The van der Waals surface area contributed by atoms with Crippen LogP contribution in [0.4, 0.5) is 0 Å². The summed E-state index contributed by atoms with van der Waals surface area (Å²) < 4.78 is 0. The van der Waals surface area contributed by atoms with Gasteiger partial charge in [0.1, 0.15) is 0 Å². The van der Waals surface area contributed by atoms with Crippen LogP contribution in [0.25, 0.3) is 0 Å². The van der Waals surface area contributed by atoms with Gasteiger partial charge in [-0.05, 0) is 64.6 Å². The number of rotatable bonds is 4. The van der Waals surface area contributed by atoms with Gasteiger partial charge in [0.2, 0.25) is 0 Å². The Morgan fingerprint density at radius 2 is 1.20 bits per heavy atom. The molecule has 0 fully saturated rings. The summed E-state index contributed by atoms with van der Waals surface area (Å²) in [4.78, 5) is 8.79. The standard InChI is InChI=1S/C13H22N4.2HI.Pt/c1-12(2)16-7-5-14(10-16)9-15-6-8-17(11-15)13(3)4;;;/h5-8,10-13H,9H2,1-4H3;2*1H;/q-2;;;+4/p-2. The Hall–Kier alpha value is 0.828. The van der Waals surface area contributed by atoms with Crippen molar-refractivity contribution in [2.24, 2.45) is 0 Å². The van der Waals surface area contributed by atoms with Crippen LogP contribution in [-0.4, -0.2) is 38.4 Å². The molecule has 2 rings (SSSR count). The van der Waals surface area contributed by atoms with Crippen LogP contribution in [0.1, 0.15) is 27.7 Å². The normalized spacial score (nSPS) is 17.8. The zero-order valence-electron chi connectivity index (χ0n) is 12.2. The van der Waals surface area contributed by atoms with E-state index in [1.54, 1.807) is 0 Å². The van der Waals surface area contributed by atoms with E-state index < -0.39 is 0 Å². The Kier molecular flexibility index (Phi) is 9.22. The molecule has 0 aromatic heterocycles. The van der Waals surface area contributed by atoms with Gasteiger partial charge in [-0.25, -0.2) is 0 Å². The first-order chi connectivity index (χ1) is 9.47. The summed E-state index contributed by atoms with van der Waals surface area (Å²) in [5, 5.41) is 0. The molecule has 0 N–H and O–H groups in total. The third-order valence-corrected chi connectivity index (χ3v) is 2.94. The average Bonchev–Trinajstić information content (AvgIpc) is 2.99. The minimum absolute atomic E-state index is 0.515. The molecule has 2 heterocycles. The Bertz CT molecular complexity index is 306. The first-order valence-corrected chi connectivity index (χ1v) is 19.3. The van der Waals surface area contributed by atoms with Gasteiger partial charge in [0.25, 0.3) is 0 Å². The van der Waals surface area contributed by atoms with Crippen LogP contribution < -0.4 is 0 Å². The zero-order chi connectivity index (χ0) is 15.1. The van der Waals surface area contributed by atoms with E-state index in [1.165, 1.54) is 0 Å². The second-order valence-corrected chi connectivity index (χ2v) is 21.7. The van der Waals surface area contributed by atoms with E-state index in [1.807, 2.05) is 0 Å². The van der Waals surface area contributed by atoms with Crippen LogP contribution >= 0.6 is 38.7 Å². The van der Waals surface area contributed by atoms with Gasteiger partial charge in [-0.1, -0.05) is 0 Å². The molecule has 0 aliphatic carbocycles. The Morgan fingerprint density at radius 1 is 0.850 bits per heavy atom. The van der Waals surface area contributed by atoms with Crippen molar-refractivity contribution in [1.29, 1.82) is 0 Å². The quantitative estimate of drug-likeness (QED) is 0.329. The third-order valence-electron chi connectivity index (χ3n) is 2.94. The van der Waals surface area contributed by atoms with E-state index in [2.05, 4.69) is 124 Å². The molecular weight excluding hydrogens is 661 g/mol. The average molecular weight is 683 g/mol. The molecule has 4 nitrogen and oxygen atoms in total. The molecule has 0 radical (unpaired) electrons. The number of halogens is 2. The van der Waals surface area contributed by atoms with E-state index in [9.17, 15) is 0 Å². The van der Waals surface area contributed by atoms with Gasteiger partial charge in [-0.2, -0.15) is 13.3 Å². The van der Waals surface area contributed by atoms with Crippen LogP contribution in [0.3, 0.4) is 0 Å². The molecule has 0 unspecified atom stereocenters. The summed E-state index contributed by atoms with van der Waals surface area (Å²) in [6.07, 6.45) is 8.45. The van der Waals surface area contributed by atoms with E-state index in [4.69, 9.17) is 0 Å². The van der Waals surface area contributed by atoms with Gasteiger partial charge >= 0.3 is 49.9 Å². The van der Waals surface area contributed by atoms with Crippen LogP contribution in [0.2, 0.25) is 0 Å². The van der Waals surface area contributed by atoms with Gasteiger partial charge in [-0.15, -0.1) is 0 Å². The molecule has 20 heavy (non-hydrogen) atoms. The maximum absolute atomic E-state index is 2.39. The predicted octanol–water partition coefficient (Wildman–Crippen LogP) is 3.95. The number of nitrogens with zero attached hydrogens (tertiary/aromatic N) is 4. The Labute approximate surface area is 152 Å². The van der Waals surface area contributed by atoms with E-state index in [0.717, 1.165) is 6.67 Å². The summed E-state index contributed by atoms with van der Waals surface area (Å²) in [7, 11) is 0. The molecule has 0 saturated heterocycles. The molecule has 7 heteroatoms. The second-order valence-electron chi connectivity index (χ2n) is 5.12. The molecule has 0 amide bonds. The van der Waals surface area contributed by atoms with Crippen molar-refractivity contribution in [2.75, 3.05) is 6.67 Å². The van der Waals surface area contributed by atoms with Crippen LogP contribution in [0, 0.1) is 13.3 Å². The fourth-order valence-corrected chi connectivity index (χ4v) is 1.79. The molecular formula is C13H22I2N4Pt. The summed E-state index contributed by atoms with van der Waals surface area (Å²) >= 11 is 5.30. The fraction of sp³-hybridized carbons (Fsp3) is 0.538. The van der Waals surface area contributed by atoms with Gasteiger partial charge in [-0.3, -0.25) is 0 Å². The Balaban J connectivity index is 0.000000612. The van der Waals surface area contributed by atoms with Gasteiger partial charge in [0, 0.05) is 6.67 Å². The third kappa shape index (κ3) is 6.30. The Morgan fingerprint density at radius 3 is 1.45 bits per heavy atom.